The first-order valence-corrected chi connectivity index (χ1v) is 3.17. The summed E-state index contributed by atoms with van der Waals surface area (Å²) in [6.07, 6.45) is 0.847. The van der Waals surface area contributed by atoms with Gasteiger partial charge < -0.3 is 0 Å². The number of rotatable bonds is 1. The standard InChI is InChI=1S/C2H4O3S/c1-6(4,5)2-3/h2H,1H3. The highest BCUT2D eigenvalue weighted by Gasteiger charge is 1.91. The highest BCUT2D eigenvalue weighted by atomic mass is 32.2. The molecule has 0 unspecified atom stereocenters. The van der Waals surface area contributed by atoms with Crippen LogP contribution in [0.1, 0.15) is 0 Å². The second-order valence-electron chi connectivity index (χ2n) is 0.926. The van der Waals surface area contributed by atoms with Crippen LogP contribution in [-0.2, 0) is 14.6 Å². The molecule has 0 aliphatic heterocycles. The molecule has 3 nitrogen and oxygen atoms in total. The van der Waals surface area contributed by atoms with Crippen molar-refractivity contribution in [3.63, 3.8) is 0 Å². The highest BCUT2D eigenvalue weighted by Crippen LogP contribution is 1.65. The van der Waals surface area contributed by atoms with E-state index in [0.717, 1.165) is 6.26 Å². The number of carbonyl (C=O) groups excluding carboxylic acids is 1. The third-order valence-electron chi connectivity index (χ3n) is 0.175. The van der Waals surface area contributed by atoms with E-state index in [-0.39, 0.29) is 5.62 Å². The first-order valence-electron chi connectivity index (χ1n) is 1.21. The molecule has 6 heavy (non-hydrogen) atoms. The molecule has 0 fully saturated rings. The van der Waals surface area contributed by atoms with Gasteiger partial charge in [0.05, 0.1) is 0 Å². The summed E-state index contributed by atoms with van der Waals surface area (Å²) in [4.78, 5) is 9.24. The first-order chi connectivity index (χ1) is 2.56. The molecule has 0 radical (unpaired) electrons. The summed E-state index contributed by atoms with van der Waals surface area (Å²) in [7, 11) is -3.34. The van der Waals surface area contributed by atoms with E-state index in [1.54, 1.807) is 0 Å². The molecule has 0 heterocycles. The van der Waals surface area contributed by atoms with Crippen LogP contribution in [0, 0.1) is 0 Å². The summed E-state index contributed by atoms with van der Waals surface area (Å²) >= 11 is 0. The quantitative estimate of drug-likeness (QED) is 0.414. The second-order valence-corrected chi connectivity index (χ2v) is 2.78. The van der Waals surface area contributed by atoms with Crippen molar-refractivity contribution in [3.05, 3.63) is 0 Å². The smallest absolute Gasteiger partial charge is 0.233 e. The van der Waals surface area contributed by atoms with E-state index in [4.69, 9.17) is 0 Å². The van der Waals surface area contributed by atoms with Crippen molar-refractivity contribution in [2.75, 3.05) is 6.26 Å². The molecule has 0 amide bonds. The maximum Gasteiger partial charge on any atom is 0.233 e. The Labute approximate surface area is 35.9 Å². The van der Waals surface area contributed by atoms with Crippen LogP contribution in [0.15, 0.2) is 0 Å². The number of hydrogen-bond donors (Lipinski definition) is 0. The summed E-state index contributed by atoms with van der Waals surface area (Å²) in [6.45, 7) is 0. The SMILES string of the molecule is CS(=O)(=O)C=O. The Hall–Kier alpha value is -0.380. The van der Waals surface area contributed by atoms with Crippen molar-refractivity contribution < 1.29 is 13.2 Å². The summed E-state index contributed by atoms with van der Waals surface area (Å²) in [5.74, 6) is 0. The zero-order chi connectivity index (χ0) is 5.21. The van der Waals surface area contributed by atoms with Crippen molar-refractivity contribution >= 4 is 15.5 Å². The molecule has 0 aromatic carbocycles. The van der Waals surface area contributed by atoms with E-state index >= 15 is 0 Å². The summed E-state index contributed by atoms with van der Waals surface area (Å²) in [5, 5.41) is 0. The molecule has 4 heteroatoms. The Morgan fingerprint density at radius 2 is 1.67 bits per heavy atom. The maximum absolute atomic E-state index is 9.63. The van der Waals surface area contributed by atoms with Gasteiger partial charge >= 0.3 is 0 Å². The minimum atomic E-state index is -3.34. The summed E-state index contributed by atoms with van der Waals surface area (Å²) in [5.41, 5.74) is -0.0903. The average Bonchev–Trinajstić information content (AvgIpc) is 1.35. The molecule has 0 saturated heterocycles. The van der Waals surface area contributed by atoms with Crippen molar-refractivity contribution in [1.29, 1.82) is 0 Å². The highest BCUT2D eigenvalue weighted by molar-refractivity contribution is 8.03. The molecule has 0 N–H and O–H groups in total. The predicted molar refractivity (Wildman–Crippen MR) is 21.6 cm³/mol. The third kappa shape index (κ3) is 3.62. The van der Waals surface area contributed by atoms with Gasteiger partial charge in [0.2, 0.25) is 15.5 Å². The number of sulfone groups is 1. The lowest BCUT2D eigenvalue weighted by molar-refractivity contribution is 0.557. The molecule has 0 aliphatic carbocycles. The van der Waals surface area contributed by atoms with Crippen molar-refractivity contribution in [3.8, 4) is 0 Å². The molecule has 0 rings (SSSR count). The van der Waals surface area contributed by atoms with Crippen molar-refractivity contribution in [2.24, 2.45) is 0 Å². The molecular weight excluding hydrogens is 104 g/mol. The molecule has 0 aliphatic rings. The lowest BCUT2D eigenvalue weighted by atomic mass is 11.8. The summed E-state index contributed by atoms with van der Waals surface area (Å²) in [6, 6.07) is 0. The fraction of sp³-hybridized carbons (Fsp3) is 0.500. The zero-order valence-corrected chi connectivity index (χ0v) is 4.03. The summed E-state index contributed by atoms with van der Waals surface area (Å²) < 4.78 is 19.3. The Bertz CT molecular complexity index is 119. The van der Waals surface area contributed by atoms with E-state index in [1.807, 2.05) is 0 Å². The largest absolute Gasteiger partial charge is 0.285 e. The molecule has 0 saturated carbocycles. The van der Waals surface area contributed by atoms with Gasteiger partial charge in [-0.3, -0.25) is 4.79 Å². The van der Waals surface area contributed by atoms with Gasteiger partial charge in [-0.05, 0) is 0 Å². The van der Waals surface area contributed by atoms with Crippen molar-refractivity contribution in [2.45, 2.75) is 0 Å². The van der Waals surface area contributed by atoms with Crippen LogP contribution < -0.4 is 0 Å². The zero-order valence-electron chi connectivity index (χ0n) is 3.21. The fourth-order valence-corrected chi connectivity index (χ4v) is 0. The van der Waals surface area contributed by atoms with Crippen LogP contribution in [0.2, 0.25) is 0 Å². The lowest BCUT2D eigenvalue weighted by Gasteiger charge is -1.69. The van der Waals surface area contributed by atoms with Crippen molar-refractivity contribution in [1.82, 2.24) is 0 Å². The predicted octanol–water partition coefficient (Wildman–Crippen LogP) is -0.779. The van der Waals surface area contributed by atoms with Crippen LogP contribution in [0.3, 0.4) is 0 Å². The van der Waals surface area contributed by atoms with Crippen LogP contribution >= 0.6 is 0 Å². The van der Waals surface area contributed by atoms with Gasteiger partial charge in [-0.2, -0.15) is 0 Å². The van der Waals surface area contributed by atoms with Gasteiger partial charge in [0.15, 0.2) is 0 Å². The van der Waals surface area contributed by atoms with Gasteiger partial charge in [0.25, 0.3) is 0 Å². The monoisotopic (exact) mass is 108 g/mol. The van der Waals surface area contributed by atoms with Gasteiger partial charge in [0.1, 0.15) is 0 Å². The third-order valence-corrected chi connectivity index (χ3v) is 0.524. The van der Waals surface area contributed by atoms with E-state index < -0.39 is 9.84 Å². The fourth-order valence-electron chi connectivity index (χ4n) is 0. The molecule has 0 aromatic heterocycles. The molecule has 0 atom stereocenters. The van der Waals surface area contributed by atoms with E-state index in [9.17, 15) is 13.2 Å². The Morgan fingerprint density at radius 1 is 1.50 bits per heavy atom. The minimum absolute atomic E-state index is 0.0903. The van der Waals surface area contributed by atoms with Crippen LogP contribution in [-0.4, -0.2) is 20.3 Å². The van der Waals surface area contributed by atoms with Gasteiger partial charge in [-0.15, -0.1) is 0 Å². The Balaban J connectivity index is 4.25. The Kier molecular flexibility index (Phi) is 1.29. The first kappa shape index (κ1) is 5.62. The van der Waals surface area contributed by atoms with Crippen LogP contribution in [0.25, 0.3) is 0 Å². The maximum atomic E-state index is 9.63. The molecule has 0 aromatic rings. The average molecular weight is 108 g/mol. The Morgan fingerprint density at radius 3 is 1.67 bits per heavy atom. The molecule has 36 valence electrons. The second kappa shape index (κ2) is 1.38. The molecule has 0 spiro atoms. The molecule has 0 bridgehead atoms. The van der Waals surface area contributed by atoms with E-state index in [0.29, 0.717) is 0 Å². The number of hydrogen-bond acceptors (Lipinski definition) is 3. The minimum Gasteiger partial charge on any atom is -0.285 e. The van der Waals surface area contributed by atoms with E-state index in [1.165, 1.54) is 0 Å². The molecular formula is C2H4O3S. The topological polar surface area (TPSA) is 51.2 Å². The van der Waals surface area contributed by atoms with Crippen LogP contribution in [0.5, 0.6) is 0 Å². The van der Waals surface area contributed by atoms with Gasteiger partial charge in [-0.25, -0.2) is 8.42 Å². The van der Waals surface area contributed by atoms with Crippen LogP contribution in [0.4, 0.5) is 0 Å². The lowest BCUT2D eigenvalue weighted by Crippen LogP contribution is -1.93. The van der Waals surface area contributed by atoms with Gasteiger partial charge in [-0.1, -0.05) is 0 Å². The van der Waals surface area contributed by atoms with Gasteiger partial charge in [0, 0.05) is 6.26 Å². The normalized spacial score (nSPS) is 10.8. The van der Waals surface area contributed by atoms with E-state index in [2.05, 4.69) is 0 Å². The number of carbonyl (C=O) groups is 1.